The summed E-state index contributed by atoms with van der Waals surface area (Å²) < 4.78 is 5.87. The second-order valence-electron chi connectivity index (χ2n) is 4.03. The van der Waals surface area contributed by atoms with E-state index in [1.165, 1.54) is 35.2 Å². The summed E-state index contributed by atoms with van der Waals surface area (Å²) in [5.41, 5.74) is 1.76. The van der Waals surface area contributed by atoms with E-state index in [0.717, 1.165) is 9.77 Å². The molecular weight excluding hydrogens is 306 g/mol. The smallest absolute Gasteiger partial charge is 0.347 e. The van der Waals surface area contributed by atoms with Gasteiger partial charge in [0.05, 0.1) is 17.4 Å². The number of thiophene rings is 1. The van der Waals surface area contributed by atoms with Crippen molar-refractivity contribution in [3.63, 3.8) is 0 Å². The minimum absolute atomic E-state index is 0.140. The van der Waals surface area contributed by atoms with E-state index in [4.69, 9.17) is 11.3 Å². The quantitative estimate of drug-likeness (QED) is 0.509. The first kappa shape index (κ1) is 15.4. The average molecular weight is 319 g/mol. The van der Waals surface area contributed by atoms with E-state index in [1.807, 2.05) is 6.26 Å². The van der Waals surface area contributed by atoms with Crippen molar-refractivity contribution in [2.75, 3.05) is 12.9 Å². The van der Waals surface area contributed by atoms with Gasteiger partial charge in [0.25, 0.3) is 0 Å². The Hall–Kier alpha value is -1.97. The Kier molecular flexibility index (Phi) is 4.89. The second kappa shape index (κ2) is 6.66. The lowest BCUT2D eigenvalue weighted by molar-refractivity contribution is 0.0533. The van der Waals surface area contributed by atoms with E-state index < -0.39 is 5.97 Å². The lowest BCUT2D eigenvalue weighted by atomic mass is 10.0. The molecule has 0 atom stereocenters. The molecule has 108 valence electrons. The third-order valence-electron chi connectivity index (χ3n) is 2.77. The number of phenolic OH excluding ortho intramolecular Hbond substituents is 1. The Morgan fingerprint density at radius 3 is 2.62 bits per heavy atom. The van der Waals surface area contributed by atoms with Gasteiger partial charge < -0.3 is 9.84 Å². The van der Waals surface area contributed by atoms with Crippen LogP contribution in [0, 0.1) is 6.57 Å². The first-order valence-electron chi connectivity index (χ1n) is 6.17. The van der Waals surface area contributed by atoms with Gasteiger partial charge >= 0.3 is 5.97 Å². The average Bonchev–Trinajstić information content (AvgIpc) is 2.87. The van der Waals surface area contributed by atoms with Crippen molar-refractivity contribution in [3.05, 3.63) is 40.6 Å². The molecule has 0 fully saturated rings. The number of aromatic hydroxyl groups is 1. The van der Waals surface area contributed by atoms with Crippen LogP contribution in [0.15, 0.2) is 28.5 Å². The van der Waals surface area contributed by atoms with Gasteiger partial charge in [-0.3, -0.25) is 0 Å². The first-order valence-corrected chi connectivity index (χ1v) is 8.21. The Balaban J connectivity index is 2.66. The fraction of sp³-hybridized carbons (Fsp3) is 0.200. The molecule has 0 radical (unpaired) electrons. The maximum atomic E-state index is 12.1. The zero-order chi connectivity index (χ0) is 15.4. The maximum absolute atomic E-state index is 12.1. The van der Waals surface area contributed by atoms with Crippen molar-refractivity contribution < 1.29 is 14.6 Å². The lowest BCUT2D eigenvalue weighted by Gasteiger charge is -2.05. The molecule has 2 rings (SSSR count). The third kappa shape index (κ3) is 3.04. The number of carbonyl (C=O) groups is 1. The second-order valence-corrected chi connectivity index (χ2v) is 6.12. The van der Waals surface area contributed by atoms with Gasteiger partial charge in [-0.1, -0.05) is 12.1 Å². The molecule has 0 amide bonds. The highest BCUT2D eigenvalue weighted by atomic mass is 32.2. The molecule has 0 bridgehead atoms. The molecule has 1 heterocycles. The lowest BCUT2D eigenvalue weighted by Crippen LogP contribution is -2.03. The summed E-state index contributed by atoms with van der Waals surface area (Å²) in [5, 5.41) is 9.39. The summed E-state index contributed by atoms with van der Waals surface area (Å²) in [6, 6.07) is 6.46. The highest BCUT2D eigenvalue weighted by molar-refractivity contribution is 8.00. The number of hydrogen-bond acceptors (Lipinski definition) is 5. The number of benzene rings is 1. The minimum atomic E-state index is -0.421. The zero-order valence-corrected chi connectivity index (χ0v) is 13.2. The molecule has 1 aromatic heterocycles. The molecule has 21 heavy (non-hydrogen) atoms. The number of thioether (sulfide) groups is 1. The summed E-state index contributed by atoms with van der Waals surface area (Å²) in [4.78, 5) is 16.1. The standard InChI is InChI=1S/C15H13NO3S2/c1-4-19-14(18)13-11(9-5-7-10(17)8-6-9)12(16-2)15(20-3)21-13/h5-8,17H,4H2,1,3H3. The Labute approximate surface area is 131 Å². The number of rotatable bonds is 4. The van der Waals surface area contributed by atoms with Crippen molar-refractivity contribution in [2.45, 2.75) is 11.1 Å². The fourth-order valence-corrected chi connectivity index (χ4v) is 3.69. The minimum Gasteiger partial charge on any atom is -0.508 e. The zero-order valence-electron chi connectivity index (χ0n) is 11.5. The van der Waals surface area contributed by atoms with Gasteiger partial charge in [-0.05, 0) is 30.9 Å². The molecule has 0 saturated carbocycles. The Bertz CT molecular complexity index is 699. The van der Waals surface area contributed by atoms with E-state index in [0.29, 0.717) is 16.1 Å². The highest BCUT2D eigenvalue weighted by Crippen LogP contribution is 2.47. The molecule has 0 aliphatic carbocycles. The van der Waals surface area contributed by atoms with Crippen molar-refractivity contribution in [2.24, 2.45) is 0 Å². The van der Waals surface area contributed by atoms with Gasteiger partial charge in [-0.15, -0.1) is 23.1 Å². The molecule has 0 aliphatic heterocycles. The van der Waals surface area contributed by atoms with Crippen molar-refractivity contribution in [1.82, 2.24) is 0 Å². The molecular formula is C15H13NO3S2. The topological polar surface area (TPSA) is 50.9 Å². The number of hydrogen-bond donors (Lipinski definition) is 1. The van der Waals surface area contributed by atoms with Gasteiger partial charge in [0.1, 0.15) is 10.6 Å². The molecule has 0 aliphatic rings. The van der Waals surface area contributed by atoms with Gasteiger partial charge in [0.2, 0.25) is 5.69 Å². The number of phenols is 1. The molecule has 0 unspecified atom stereocenters. The Morgan fingerprint density at radius 1 is 1.43 bits per heavy atom. The summed E-state index contributed by atoms with van der Waals surface area (Å²) >= 11 is 2.71. The number of ether oxygens (including phenoxy) is 1. The SMILES string of the molecule is [C-]#[N+]c1c(SC)sc(C(=O)OCC)c1-c1ccc(O)cc1. The third-order valence-corrected chi connectivity index (χ3v) is 5.03. The predicted molar refractivity (Wildman–Crippen MR) is 85.4 cm³/mol. The largest absolute Gasteiger partial charge is 0.508 e. The molecule has 1 aromatic carbocycles. The van der Waals surface area contributed by atoms with Crippen LogP contribution in [0.1, 0.15) is 16.6 Å². The van der Waals surface area contributed by atoms with Crippen molar-refractivity contribution in [1.29, 1.82) is 0 Å². The van der Waals surface area contributed by atoms with Crippen LogP contribution < -0.4 is 0 Å². The van der Waals surface area contributed by atoms with Crippen LogP contribution >= 0.6 is 23.1 Å². The van der Waals surface area contributed by atoms with E-state index in [1.54, 1.807) is 19.1 Å². The van der Waals surface area contributed by atoms with Gasteiger partial charge in [-0.25, -0.2) is 9.64 Å². The van der Waals surface area contributed by atoms with Crippen LogP contribution in [0.5, 0.6) is 5.75 Å². The van der Waals surface area contributed by atoms with Crippen LogP contribution in [0.4, 0.5) is 5.69 Å². The number of esters is 1. The summed E-state index contributed by atoms with van der Waals surface area (Å²) in [5.74, 6) is -0.281. The van der Waals surface area contributed by atoms with E-state index in [2.05, 4.69) is 4.85 Å². The molecule has 0 spiro atoms. The van der Waals surface area contributed by atoms with Gasteiger partial charge in [0.15, 0.2) is 0 Å². The van der Waals surface area contributed by atoms with E-state index in [-0.39, 0.29) is 12.4 Å². The number of carbonyl (C=O) groups excluding carboxylic acids is 1. The van der Waals surface area contributed by atoms with E-state index in [9.17, 15) is 9.90 Å². The predicted octanol–water partition coefficient (Wildman–Crippen LogP) is 4.57. The maximum Gasteiger partial charge on any atom is 0.347 e. The van der Waals surface area contributed by atoms with Gasteiger partial charge in [0, 0.05) is 5.56 Å². The van der Waals surface area contributed by atoms with Gasteiger partial charge in [-0.2, -0.15) is 0 Å². The highest BCUT2D eigenvalue weighted by Gasteiger charge is 2.24. The summed E-state index contributed by atoms with van der Waals surface area (Å²) in [6.07, 6.45) is 1.87. The van der Waals surface area contributed by atoms with Crippen LogP contribution in [0.2, 0.25) is 0 Å². The summed E-state index contributed by atoms with van der Waals surface area (Å²) in [7, 11) is 0. The normalized spacial score (nSPS) is 10.1. The van der Waals surface area contributed by atoms with Crippen LogP contribution in [0.3, 0.4) is 0 Å². The fourth-order valence-electron chi connectivity index (χ4n) is 1.88. The summed E-state index contributed by atoms with van der Waals surface area (Å²) in [6.45, 7) is 9.43. The molecule has 2 aromatic rings. The molecule has 0 saturated heterocycles. The molecule has 1 N–H and O–H groups in total. The van der Waals surface area contributed by atoms with Crippen molar-refractivity contribution >= 4 is 34.8 Å². The molecule has 4 nitrogen and oxygen atoms in total. The van der Waals surface area contributed by atoms with Crippen LogP contribution in [0.25, 0.3) is 16.0 Å². The van der Waals surface area contributed by atoms with Crippen LogP contribution in [-0.4, -0.2) is 23.9 Å². The van der Waals surface area contributed by atoms with E-state index >= 15 is 0 Å². The molecule has 6 heteroatoms. The number of nitrogens with zero attached hydrogens (tertiary/aromatic N) is 1. The van der Waals surface area contributed by atoms with Crippen molar-refractivity contribution in [3.8, 4) is 16.9 Å². The Morgan fingerprint density at radius 2 is 2.10 bits per heavy atom. The monoisotopic (exact) mass is 319 g/mol. The van der Waals surface area contributed by atoms with Crippen LogP contribution in [-0.2, 0) is 4.74 Å². The first-order chi connectivity index (χ1) is 10.1.